The van der Waals surface area contributed by atoms with E-state index >= 15 is 0 Å². The van der Waals surface area contributed by atoms with Crippen molar-refractivity contribution in [2.45, 2.75) is 26.3 Å². The Morgan fingerprint density at radius 3 is 2.21 bits per heavy atom. The molecule has 1 atom stereocenters. The second-order valence-electron chi connectivity index (χ2n) is 7.44. The number of aromatic nitrogens is 2. The summed E-state index contributed by atoms with van der Waals surface area (Å²) in [6.07, 6.45) is 0.902. The van der Waals surface area contributed by atoms with E-state index in [2.05, 4.69) is 54.0 Å². The summed E-state index contributed by atoms with van der Waals surface area (Å²) >= 11 is 0. The summed E-state index contributed by atoms with van der Waals surface area (Å²) in [4.78, 5) is 14.3. The molecule has 0 unspecified atom stereocenters. The van der Waals surface area contributed by atoms with E-state index in [1.165, 1.54) is 5.56 Å². The fourth-order valence-corrected chi connectivity index (χ4v) is 3.83. The van der Waals surface area contributed by atoms with Crippen LogP contribution in [0.1, 0.15) is 31.1 Å². The summed E-state index contributed by atoms with van der Waals surface area (Å²) in [5.41, 5.74) is 4.56. The molecule has 1 aromatic heterocycles. The normalized spacial score (nSPS) is 19.6. The molecular weight excluding hydrogens is 352 g/mol. The van der Waals surface area contributed by atoms with Crippen molar-refractivity contribution in [2.75, 3.05) is 57.5 Å². The molecular formula is C22H30N4O2. The Labute approximate surface area is 167 Å². The number of morpholine rings is 2. The first-order valence-electron chi connectivity index (χ1n) is 10.4. The summed E-state index contributed by atoms with van der Waals surface area (Å²) in [5.74, 6) is 0.823. The molecule has 150 valence electrons. The zero-order valence-corrected chi connectivity index (χ0v) is 16.9. The number of nitrogens with zero attached hydrogens (tertiary/aromatic N) is 4. The lowest BCUT2D eigenvalue weighted by atomic mass is 10.0. The van der Waals surface area contributed by atoms with Gasteiger partial charge in [0.25, 0.3) is 0 Å². The van der Waals surface area contributed by atoms with E-state index in [4.69, 9.17) is 19.4 Å². The molecule has 0 bridgehead atoms. The van der Waals surface area contributed by atoms with Crippen molar-refractivity contribution >= 4 is 5.95 Å². The first kappa shape index (κ1) is 19.3. The maximum absolute atomic E-state index is 5.48. The highest BCUT2D eigenvalue weighted by Gasteiger charge is 2.19. The van der Waals surface area contributed by atoms with Gasteiger partial charge in [0, 0.05) is 43.5 Å². The lowest BCUT2D eigenvalue weighted by Gasteiger charge is -2.32. The van der Waals surface area contributed by atoms with Gasteiger partial charge in [-0.2, -0.15) is 0 Å². The molecule has 6 heteroatoms. The Balaban J connectivity index is 1.56. The molecule has 2 aliphatic heterocycles. The van der Waals surface area contributed by atoms with Gasteiger partial charge in [0.05, 0.1) is 32.1 Å². The topological polar surface area (TPSA) is 50.7 Å². The first-order valence-corrected chi connectivity index (χ1v) is 10.4. The molecule has 2 aromatic rings. The van der Waals surface area contributed by atoms with Gasteiger partial charge in [-0.25, -0.2) is 9.97 Å². The van der Waals surface area contributed by atoms with Crippen LogP contribution in [-0.2, 0) is 15.9 Å². The molecule has 2 fully saturated rings. The molecule has 2 saturated heterocycles. The van der Waals surface area contributed by atoms with Gasteiger partial charge in [-0.1, -0.05) is 31.2 Å². The van der Waals surface area contributed by atoms with Crippen LogP contribution in [0.2, 0.25) is 0 Å². The van der Waals surface area contributed by atoms with Gasteiger partial charge >= 0.3 is 0 Å². The Bertz CT molecular complexity index is 769. The van der Waals surface area contributed by atoms with Crippen LogP contribution in [0.25, 0.3) is 11.3 Å². The van der Waals surface area contributed by atoms with Crippen LogP contribution >= 0.6 is 0 Å². The fourth-order valence-electron chi connectivity index (χ4n) is 3.83. The molecule has 0 aliphatic carbocycles. The molecule has 28 heavy (non-hydrogen) atoms. The van der Waals surface area contributed by atoms with E-state index in [-0.39, 0.29) is 0 Å². The quantitative estimate of drug-likeness (QED) is 0.793. The van der Waals surface area contributed by atoms with Gasteiger partial charge in [-0.05, 0) is 25.0 Å². The van der Waals surface area contributed by atoms with Crippen LogP contribution in [0.3, 0.4) is 0 Å². The van der Waals surface area contributed by atoms with E-state index in [0.29, 0.717) is 6.04 Å². The van der Waals surface area contributed by atoms with Gasteiger partial charge in [0.2, 0.25) is 5.95 Å². The maximum atomic E-state index is 5.48. The predicted octanol–water partition coefficient (Wildman–Crippen LogP) is 2.94. The third kappa shape index (κ3) is 4.35. The summed E-state index contributed by atoms with van der Waals surface area (Å²) in [5, 5.41) is 0. The Hall–Kier alpha value is -2.02. The van der Waals surface area contributed by atoms with Crippen LogP contribution in [0.5, 0.6) is 0 Å². The molecule has 6 nitrogen and oxygen atoms in total. The SMILES string of the molecule is CCc1cc(-c2ccc([C@H](C)N3CCOCC3)cc2)nc(N2CCOCC2)n1. The minimum atomic E-state index is 0.401. The summed E-state index contributed by atoms with van der Waals surface area (Å²) in [6.45, 7) is 11.2. The first-order chi connectivity index (χ1) is 13.7. The van der Waals surface area contributed by atoms with Crippen LogP contribution in [-0.4, -0.2) is 67.5 Å². The molecule has 1 aromatic carbocycles. The maximum Gasteiger partial charge on any atom is 0.226 e. The van der Waals surface area contributed by atoms with Crippen molar-refractivity contribution < 1.29 is 9.47 Å². The standard InChI is InChI=1S/C22H30N4O2/c1-3-20-16-21(24-22(23-20)26-10-14-28-15-11-26)19-6-4-18(5-7-19)17(2)25-8-12-27-13-9-25/h4-7,16-17H,3,8-15H2,1-2H3/t17-/m0/s1. The van der Waals surface area contributed by atoms with Crippen molar-refractivity contribution in [3.63, 3.8) is 0 Å². The second-order valence-corrected chi connectivity index (χ2v) is 7.44. The van der Waals surface area contributed by atoms with Gasteiger partial charge in [-0.3, -0.25) is 4.90 Å². The van der Waals surface area contributed by atoms with Crippen molar-refractivity contribution in [1.29, 1.82) is 0 Å². The number of rotatable bonds is 5. The number of hydrogen-bond acceptors (Lipinski definition) is 6. The summed E-state index contributed by atoms with van der Waals surface area (Å²) < 4.78 is 10.9. The smallest absolute Gasteiger partial charge is 0.226 e. The number of anilines is 1. The molecule has 4 rings (SSSR count). The Morgan fingerprint density at radius 2 is 1.57 bits per heavy atom. The molecule has 0 radical (unpaired) electrons. The number of benzene rings is 1. The van der Waals surface area contributed by atoms with E-state index in [1.54, 1.807) is 0 Å². The van der Waals surface area contributed by atoms with Crippen LogP contribution in [0, 0.1) is 0 Å². The minimum Gasteiger partial charge on any atom is -0.379 e. The number of ether oxygens (including phenoxy) is 2. The number of aryl methyl sites for hydroxylation is 1. The zero-order chi connectivity index (χ0) is 19.3. The lowest BCUT2D eigenvalue weighted by Crippen LogP contribution is -2.38. The van der Waals surface area contributed by atoms with E-state index in [0.717, 1.165) is 81.9 Å². The Kier molecular flexibility index (Phi) is 6.20. The zero-order valence-electron chi connectivity index (χ0n) is 16.9. The average molecular weight is 383 g/mol. The van der Waals surface area contributed by atoms with Gasteiger partial charge in [-0.15, -0.1) is 0 Å². The average Bonchev–Trinajstić information content (AvgIpc) is 2.79. The van der Waals surface area contributed by atoms with Crippen LogP contribution in [0.15, 0.2) is 30.3 Å². The van der Waals surface area contributed by atoms with E-state index in [1.807, 2.05) is 0 Å². The monoisotopic (exact) mass is 382 g/mol. The minimum absolute atomic E-state index is 0.401. The van der Waals surface area contributed by atoms with E-state index in [9.17, 15) is 0 Å². The fraction of sp³-hybridized carbons (Fsp3) is 0.545. The van der Waals surface area contributed by atoms with Crippen molar-refractivity contribution in [2.24, 2.45) is 0 Å². The highest BCUT2D eigenvalue weighted by Crippen LogP contribution is 2.26. The predicted molar refractivity (Wildman–Crippen MR) is 111 cm³/mol. The molecule has 3 heterocycles. The largest absolute Gasteiger partial charge is 0.379 e. The Morgan fingerprint density at radius 1 is 0.929 bits per heavy atom. The highest BCUT2D eigenvalue weighted by molar-refractivity contribution is 5.61. The molecule has 0 saturated carbocycles. The van der Waals surface area contributed by atoms with E-state index < -0.39 is 0 Å². The van der Waals surface area contributed by atoms with Gasteiger partial charge < -0.3 is 14.4 Å². The molecule has 0 N–H and O–H groups in total. The molecule has 0 spiro atoms. The van der Waals surface area contributed by atoms with Crippen molar-refractivity contribution in [3.05, 3.63) is 41.6 Å². The highest BCUT2D eigenvalue weighted by atomic mass is 16.5. The van der Waals surface area contributed by atoms with Crippen LogP contribution in [0.4, 0.5) is 5.95 Å². The molecule has 0 amide bonds. The third-order valence-electron chi connectivity index (χ3n) is 5.71. The van der Waals surface area contributed by atoms with Crippen LogP contribution < -0.4 is 4.90 Å². The summed E-state index contributed by atoms with van der Waals surface area (Å²) in [6, 6.07) is 11.4. The van der Waals surface area contributed by atoms with Gasteiger partial charge in [0.15, 0.2) is 0 Å². The lowest BCUT2D eigenvalue weighted by molar-refractivity contribution is 0.0198. The van der Waals surface area contributed by atoms with Crippen molar-refractivity contribution in [1.82, 2.24) is 14.9 Å². The number of hydrogen-bond donors (Lipinski definition) is 0. The second kappa shape index (κ2) is 8.99. The molecule has 2 aliphatic rings. The third-order valence-corrected chi connectivity index (χ3v) is 5.71. The van der Waals surface area contributed by atoms with Gasteiger partial charge in [0.1, 0.15) is 0 Å². The van der Waals surface area contributed by atoms with Crippen molar-refractivity contribution in [3.8, 4) is 11.3 Å². The summed E-state index contributed by atoms with van der Waals surface area (Å²) in [7, 11) is 0.